The number of aromatic nitrogens is 2. The second-order valence-corrected chi connectivity index (χ2v) is 8.96. The monoisotopic (exact) mass is 427 g/mol. The minimum absolute atomic E-state index is 0.00831. The summed E-state index contributed by atoms with van der Waals surface area (Å²) in [6.07, 6.45) is 1.01. The lowest BCUT2D eigenvalue weighted by atomic mass is 9.91. The predicted molar refractivity (Wildman–Crippen MR) is 118 cm³/mol. The Morgan fingerprint density at radius 1 is 1.16 bits per heavy atom. The molecule has 31 heavy (non-hydrogen) atoms. The molecule has 3 rings (SSSR count). The van der Waals surface area contributed by atoms with Crippen LogP contribution < -0.4 is 4.74 Å². The normalized spacial score (nSPS) is 16.1. The maximum Gasteiger partial charge on any atom is 0.358 e. The molecular weight excluding hydrogens is 394 g/mol. The van der Waals surface area contributed by atoms with Crippen LogP contribution >= 0.6 is 0 Å². The van der Waals surface area contributed by atoms with Gasteiger partial charge >= 0.3 is 5.97 Å². The average Bonchev–Trinajstić information content (AvgIpc) is 3.20. The van der Waals surface area contributed by atoms with Crippen molar-refractivity contribution in [1.82, 2.24) is 14.7 Å². The number of nitrogens with zero attached hydrogens (tertiary/aromatic N) is 3. The first-order valence-electron chi connectivity index (χ1n) is 11.0. The summed E-state index contributed by atoms with van der Waals surface area (Å²) in [5.74, 6) is 0.286. The summed E-state index contributed by atoms with van der Waals surface area (Å²) in [7, 11) is 0. The standard InChI is InChI=1S/C24H33N3O4/c1-6-30-23(29)20-16-21(24(3,4)5)27(25-20)18-12-14-26(15-13-18)22(28)17(2)31-19-10-8-7-9-11-19/h7-11,16-18H,6,12-15H2,1-5H3/t17-/m1/s1. The molecule has 1 saturated heterocycles. The third-order valence-electron chi connectivity index (χ3n) is 5.51. The van der Waals surface area contributed by atoms with E-state index in [4.69, 9.17) is 9.47 Å². The molecule has 0 unspecified atom stereocenters. The molecule has 1 atom stereocenters. The number of ether oxygens (including phenoxy) is 2. The number of para-hydroxylation sites is 1. The molecule has 168 valence electrons. The van der Waals surface area contributed by atoms with Gasteiger partial charge in [-0.05, 0) is 44.9 Å². The van der Waals surface area contributed by atoms with Crippen molar-refractivity contribution in [3.63, 3.8) is 0 Å². The molecule has 1 aliphatic heterocycles. The summed E-state index contributed by atoms with van der Waals surface area (Å²) < 4.78 is 12.9. The number of hydrogen-bond donors (Lipinski definition) is 0. The van der Waals surface area contributed by atoms with Crippen LogP contribution in [0.5, 0.6) is 5.75 Å². The third kappa shape index (κ3) is 5.46. The zero-order valence-corrected chi connectivity index (χ0v) is 19.1. The predicted octanol–water partition coefficient (Wildman–Crippen LogP) is 3.99. The van der Waals surface area contributed by atoms with E-state index in [1.54, 1.807) is 13.8 Å². The van der Waals surface area contributed by atoms with Gasteiger partial charge in [0.15, 0.2) is 11.8 Å². The van der Waals surface area contributed by atoms with Gasteiger partial charge in [-0.3, -0.25) is 9.48 Å². The van der Waals surface area contributed by atoms with Crippen molar-refractivity contribution in [3.8, 4) is 5.75 Å². The van der Waals surface area contributed by atoms with Gasteiger partial charge in [-0.15, -0.1) is 0 Å². The van der Waals surface area contributed by atoms with Gasteiger partial charge in [-0.1, -0.05) is 39.0 Å². The highest BCUT2D eigenvalue weighted by molar-refractivity contribution is 5.87. The summed E-state index contributed by atoms with van der Waals surface area (Å²) in [4.78, 5) is 26.9. The molecule has 1 aromatic carbocycles. The number of amides is 1. The summed E-state index contributed by atoms with van der Waals surface area (Å²) in [5.41, 5.74) is 1.18. The maximum absolute atomic E-state index is 12.9. The zero-order valence-electron chi connectivity index (χ0n) is 19.1. The van der Waals surface area contributed by atoms with Crippen LogP contribution in [-0.4, -0.2) is 52.4 Å². The van der Waals surface area contributed by atoms with Gasteiger partial charge < -0.3 is 14.4 Å². The SMILES string of the molecule is CCOC(=O)c1cc(C(C)(C)C)n(C2CCN(C(=O)[C@@H](C)Oc3ccccc3)CC2)n1. The Labute approximate surface area is 184 Å². The van der Waals surface area contributed by atoms with Gasteiger partial charge in [-0.2, -0.15) is 5.10 Å². The number of rotatable bonds is 6. The highest BCUT2D eigenvalue weighted by Crippen LogP contribution is 2.31. The van der Waals surface area contributed by atoms with Crippen molar-refractivity contribution in [1.29, 1.82) is 0 Å². The fourth-order valence-corrected chi connectivity index (χ4v) is 3.88. The van der Waals surface area contributed by atoms with E-state index >= 15 is 0 Å². The van der Waals surface area contributed by atoms with Gasteiger partial charge in [0.05, 0.1) is 12.6 Å². The average molecular weight is 428 g/mol. The molecule has 7 nitrogen and oxygen atoms in total. The molecule has 1 aromatic heterocycles. The molecule has 2 heterocycles. The molecule has 1 amide bonds. The number of hydrogen-bond acceptors (Lipinski definition) is 5. The second-order valence-electron chi connectivity index (χ2n) is 8.96. The van der Waals surface area contributed by atoms with E-state index < -0.39 is 12.1 Å². The maximum atomic E-state index is 12.9. The van der Waals surface area contributed by atoms with Gasteiger partial charge in [0.1, 0.15) is 5.75 Å². The van der Waals surface area contributed by atoms with Crippen LogP contribution in [0.1, 0.15) is 69.7 Å². The van der Waals surface area contributed by atoms with Crippen LogP contribution in [-0.2, 0) is 14.9 Å². The lowest BCUT2D eigenvalue weighted by Gasteiger charge is -2.35. The van der Waals surface area contributed by atoms with Gasteiger partial charge in [0, 0.05) is 24.2 Å². The first kappa shape index (κ1) is 22.8. The molecule has 7 heteroatoms. The van der Waals surface area contributed by atoms with Crippen LogP contribution in [0.25, 0.3) is 0 Å². The summed E-state index contributed by atoms with van der Waals surface area (Å²) in [6, 6.07) is 11.4. The Kier molecular flexibility index (Phi) is 7.03. The second kappa shape index (κ2) is 9.54. The molecule has 0 bridgehead atoms. The molecule has 0 spiro atoms. The molecule has 0 aliphatic carbocycles. The van der Waals surface area contributed by atoms with E-state index in [0.717, 1.165) is 18.5 Å². The van der Waals surface area contributed by atoms with E-state index in [9.17, 15) is 9.59 Å². The zero-order chi connectivity index (χ0) is 22.6. The number of likely N-dealkylation sites (tertiary alicyclic amines) is 1. The number of carbonyl (C=O) groups excluding carboxylic acids is 2. The van der Waals surface area contributed by atoms with E-state index in [2.05, 4.69) is 25.9 Å². The van der Waals surface area contributed by atoms with Gasteiger partial charge in [-0.25, -0.2) is 4.79 Å². The number of benzene rings is 1. The minimum atomic E-state index is -0.538. The molecule has 1 fully saturated rings. The molecule has 0 N–H and O–H groups in total. The van der Waals surface area contributed by atoms with Crippen molar-refractivity contribution in [3.05, 3.63) is 47.8 Å². The van der Waals surface area contributed by atoms with Crippen LogP contribution in [0.2, 0.25) is 0 Å². The minimum Gasteiger partial charge on any atom is -0.481 e. The molecule has 1 aliphatic rings. The van der Waals surface area contributed by atoms with Gasteiger partial charge in [0.25, 0.3) is 5.91 Å². The van der Waals surface area contributed by atoms with Crippen molar-refractivity contribution < 1.29 is 19.1 Å². The van der Waals surface area contributed by atoms with E-state index in [0.29, 0.717) is 31.1 Å². The molecule has 0 saturated carbocycles. The Balaban J connectivity index is 1.67. The highest BCUT2D eigenvalue weighted by Gasteiger charge is 2.32. The summed E-state index contributed by atoms with van der Waals surface area (Å²) in [5, 5.41) is 4.59. The van der Waals surface area contributed by atoms with E-state index in [-0.39, 0.29) is 17.4 Å². The Bertz CT molecular complexity index is 893. The van der Waals surface area contributed by atoms with Crippen molar-refractivity contribution in [2.45, 2.75) is 65.0 Å². The molecule has 2 aromatic rings. The largest absolute Gasteiger partial charge is 0.481 e. The quantitative estimate of drug-likeness (QED) is 0.652. The van der Waals surface area contributed by atoms with Crippen molar-refractivity contribution in [2.24, 2.45) is 0 Å². The smallest absolute Gasteiger partial charge is 0.358 e. The van der Waals surface area contributed by atoms with Crippen molar-refractivity contribution >= 4 is 11.9 Å². The molecular formula is C24H33N3O4. The van der Waals surface area contributed by atoms with Crippen LogP contribution in [0, 0.1) is 0 Å². The topological polar surface area (TPSA) is 73.7 Å². The van der Waals surface area contributed by atoms with E-state index in [1.165, 1.54) is 0 Å². The Hall–Kier alpha value is -2.83. The van der Waals surface area contributed by atoms with Gasteiger partial charge in [0.2, 0.25) is 0 Å². The number of esters is 1. The number of piperidine rings is 1. The number of carbonyl (C=O) groups is 2. The lowest BCUT2D eigenvalue weighted by molar-refractivity contribution is -0.139. The molecule has 0 radical (unpaired) electrons. The van der Waals surface area contributed by atoms with Crippen LogP contribution in [0.4, 0.5) is 0 Å². The third-order valence-corrected chi connectivity index (χ3v) is 5.51. The highest BCUT2D eigenvalue weighted by atomic mass is 16.5. The summed E-state index contributed by atoms with van der Waals surface area (Å²) in [6.45, 7) is 11.5. The van der Waals surface area contributed by atoms with Crippen LogP contribution in [0.3, 0.4) is 0 Å². The Morgan fingerprint density at radius 3 is 2.39 bits per heavy atom. The lowest BCUT2D eigenvalue weighted by Crippen LogP contribution is -2.45. The van der Waals surface area contributed by atoms with Crippen LogP contribution in [0.15, 0.2) is 36.4 Å². The fourth-order valence-electron chi connectivity index (χ4n) is 3.88. The Morgan fingerprint density at radius 2 is 1.81 bits per heavy atom. The van der Waals surface area contributed by atoms with Crippen molar-refractivity contribution in [2.75, 3.05) is 19.7 Å². The first-order chi connectivity index (χ1) is 14.7. The summed E-state index contributed by atoms with van der Waals surface area (Å²) >= 11 is 0. The fraction of sp³-hybridized carbons (Fsp3) is 0.542. The van der Waals surface area contributed by atoms with E-state index in [1.807, 2.05) is 46.0 Å². The first-order valence-corrected chi connectivity index (χ1v) is 11.0.